The Morgan fingerprint density at radius 2 is 1.67 bits per heavy atom. The third-order valence-corrected chi connectivity index (χ3v) is 4.62. The molecule has 0 radical (unpaired) electrons. The molecule has 2 aromatic carbocycles. The van der Waals surface area contributed by atoms with Crippen LogP contribution in [-0.4, -0.2) is 54.9 Å². The second kappa shape index (κ2) is 8.16. The third-order valence-electron chi connectivity index (χ3n) is 4.62. The van der Waals surface area contributed by atoms with Crippen molar-refractivity contribution in [3.63, 3.8) is 0 Å². The average molecular weight is 374 g/mol. The van der Waals surface area contributed by atoms with Crippen LogP contribution in [-0.2, 0) is 11.2 Å². The van der Waals surface area contributed by atoms with Gasteiger partial charge in [-0.1, -0.05) is 18.2 Å². The maximum Gasteiger partial charge on any atom is 0.256 e. The Labute approximate surface area is 156 Å². The molecule has 1 aliphatic heterocycles. The number of benzene rings is 2. The maximum absolute atomic E-state index is 13.8. The van der Waals surface area contributed by atoms with Gasteiger partial charge in [0, 0.05) is 37.8 Å². The summed E-state index contributed by atoms with van der Waals surface area (Å²) in [6.07, 6.45) is 0.213. The van der Waals surface area contributed by atoms with E-state index >= 15 is 0 Å². The minimum atomic E-state index is -0.880. The monoisotopic (exact) mass is 374 g/mol. The van der Waals surface area contributed by atoms with Crippen LogP contribution in [0.2, 0.25) is 0 Å². The van der Waals surface area contributed by atoms with Crippen molar-refractivity contribution in [3.05, 3.63) is 65.2 Å². The van der Waals surface area contributed by atoms with Crippen LogP contribution in [0.15, 0.2) is 42.5 Å². The van der Waals surface area contributed by atoms with Gasteiger partial charge in [0.05, 0.1) is 19.1 Å². The molecule has 0 unspecified atom stereocenters. The largest absolute Gasteiger partial charge is 0.496 e. The topological polar surface area (TPSA) is 49.9 Å². The Morgan fingerprint density at radius 3 is 2.33 bits per heavy atom. The lowest BCUT2D eigenvalue weighted by molar-refractivity contribution is -0.131. The molecule has 0 aromatic heterocycles. The van der Waals surface area contributed by atoms with Crippen LogP contribution < -0.4 is 4.74 Å². The lowest BCUT2D eigenvalue weighted by atomic mass is 10.1. The molecule has 0 spiro atoms. The van der Waals surface area contributed by atoms with E-state index in [1.807, 2.05) is 18.2 Å². The molecule has 0 saturated carbocycles. The highest BCUT2D eigenvalue weighted by Gasteiger charge is 2.26. The number of piperazine rings is 1. The van der Waals surface area contributed by atoms with Crippen molar-refractivity contribution in [1.29, 1.82) is 0 Å². The number of amides is 2. The van der Waals surface area contributed by atoms with Gasteiger partial charge in [-0.3, -0.25) is 9.59 Å². The fraction of sp³-hybridized carbons (Fsp3) is 0.300. The second-order valence-corrected chi connectivity index (χ2v) is 6.29. The fourth-order valence-corrected chi connectivity index (χ4v) is 3.12. The van der Waals surface area contributed by atoms with E-state index in [0.717, 1.165) is 17.7 Å². The molecule has 0 N–H and O–H groups in total. The molecule has 2 amide bonds. The average Bonchev–Trinajstić information content (AvgIpc) is 2.68. The number of hydrogen-bond donors (Lipinski definition) is 0. The molecule has 0 atom stereocenters. The van der Waals surface area contributed by atoms with Gasteiger partial charge in [-0.15, -0.1) is 0 Å². The van der Waals surface area contributed by atoms with Crippen molar-refractivity contribution in [2.75, 3.05) is 33.3 Å². The van der Waals surface area contributed by atoms with E-state index in [2.05, 4.69) is 0 Å². The van der Waals surface area contributed by atoms with Crippen LogP contribution in [0.4, 0.5) is 8.78 Å². The summed E-state index contributed by atoms with van der Waals surface area (Å²) in [7, 11) is 1.56. The number of halogens is 2. The Morgan fingerprint density at radius 1 is 1.00 bits per heavy atom. The van der Waals surface area contributed by atoms with Gasteiger partial charge in [0.25, 0.3) is 5.91 Å². The Bertz CT molecular complexity index is 849. The Kier molecular flexibility index (Phi) is 5.69. The molecular weight excluding hydrogens is 354 g/mol. The number of hydrogen-bond acceptors (Lipinski definition) is 3. The van der Waals surface area contributed by atoms with E-state index in [9.17, 15) is 18.4 Å². The standard InChI is InChI=1S/C20H20F2N2O3/c1-27-18-5-3-2-4-14(18)12-19(25)23-8-10-24(11-9-23)20(26)16-7-6-15(21)13-17(16)22/h2-7,13H,8-12H2,1H3. The van der Waals surface area contributed by atoms with E-state index < -0.39 is 17.5 Å². The van der Waals surface area contributed by atoms with Gasteiger partial charge >= 0.3 is 0 Å². The molecule has 0 aliphatic carbocycles. The van der Waals surface area contributed by atoms with Crippen LogP contribution in [0.25, 0.3) is 0 Å². The minimum absolute atomic E-state index is 0.0560. The number of rotatable bonds is 4. The molecule has 7 heteroatoms. The first-order chi connectivity index (χ1) is 13.0. The molecular formula is C20H20F2N2O3. The van der Waals surface area contributed by atoms with Gasteiger partial charge < -0.3 is 14.5 Å². The molecule has 1 heterocycles. The SMILES string of the molecule is COc1ccccc1CC(=O)N1CCN(C(=O)c2ccc(F)cc2F)CC1. The fourth-order valence-electron chi connectivity index (χ4n) is 3.12. The molecule has 1 aliphatic rings. The summed E-state index contributed by atoms with van der Waals surface area (Å²) < 4.78 is 32.1. The van der Waals surface area contributed by atoms with E-state index in [-0.39, 0.29) is 17.9 Å². The lowest BCUT2D eigenvalue weighted by Gasteiger charge is -2.35. The van der Waals surface area contributed by atoms with Gasteiger partial charge in [-0.2, -0.15) is 0 Å². The molecule has 3 rings (SSSR count). The summed E-state index contributed by atoms with van der Waals surface area (Å²) in [5.74, 6) is -1.50. The molecule has 142 valence electrons. The summed E-state index contributed by atoms with van der Waals surface area (Å²) in [5.41, 5.74) is 0.641. The molecule has 0 bridgehead atoms. The van der Waals surface area contributed by atoms with Crippen molar-refractivity contribution in [2.24, 2.45) is 0 Å². The quantitative estimate of drug-likeness (QED) is 0.826. The zero-order valence-electron chi connectivity index (χ0n) is 15.0. The molecule has 2 aromatic rings. The Balaban J connectivity index is 1.59. The van der Waals surface area contributed by atoms with Gasteiger partial charge in [-0.05, 0) is 18.2 Å². The first-order valence-electron chi connectivity index (χ1n) is 8.63. The van der Waals surface area contributed by atoms with Crippen molar-refractivity contribution in [3.8, 4) is 5.75 Å². The normalized spacial score (nSPS) is 14.2. The molecule has 5 nitrogen and oxygen atoms in total. The van der Waals surface area contributed by atoms with Crippen molar-refractivity contribution < 1.29 is 23.1 Å². The summed E-state index contributed by atoms with van der Waals surface area (Å²) >= 11 is 0. The smallest absolute Gasteiger partial charge is 0.256 e. The first-order valence-corrected chi connectivity index (χ1v) is 8.63. The predicted molar refractivity (Wildman–Crippen MR) is 95.5 cm³/mol. The van der Waals surface area contributed by atoms with Crippen LogP contribution >= 0.6 is 0 Å². The zero-order chi connectivity index (χ0) is 19.4. The van der Waals surface area contributed by atoms with Gasteiger partial charge in [-0.25, -0.2) is 8.78 Å². The number of ether oxygens (including phenoxy) is 1. The second-order valence-electron chi connectivity index (χ2n) is 6.29. The Hall–Kier alpha value is -2.96. The third kappa shape index (κ3) is 4.24. The number of carbonyl (C=O) groups excluding carboxylic acids is 2. The molecule has 1 fully saturated rings. The van der Waals surface area contributed by atoms with Crippen LogP contribution in [0, 0.1) is 11.6 Å². The van der Waals surface area contributed by atoms with E-state index in [1.165, 1.54) is 4.90 Å². The highest BCUT2D eigenvalue weighted by atomic mass is 19.1. The summed E-state index contributed by atoms with van der Waals surface area (Å²) in [6, 6.07) is 10.2. The summed E-state index contributed by atoms with van der Waals surface area (Å²) in [6.45, 7) is 1.33. The van der Waals surface area contributed by atoms with Gasteiger partial charge in [0.15, 0.2) is 0 Å². The van der Waals surface area contributed by atoms with Crippen LogP contribution in [0.1, 0.15) is 15.9 Å². The summed E-state index contributed by atoms with van der Waals surface area (Å²) in [4.78, 5) is 28.1. The number of carbonyl (C=O) groups is 2. The van der Waals surface area contributed by atoms with Crippen molar-refractivity contribution in [1.82, 2.24) is 9.80 Å². The van der Waals surface area contributed by atoms with Crippen molar-refractivity contribution >= 4 is 11.8 Å². The minimum Gasteiger partial charge on any atom is -0.496 e. The van der Waals surface area contributed by atoms with Crippen molar-refractivity contribution in [2.45, 2.75) is 6.42 Å². The first kappa shape index (κ1) is 18.8. The lowest BCUT2D eigenvalue weighted by Crippen LogP contribution is -2.51. The van der Waals surface area contributed by atoms with Crippen LogP contribution in [0.3, 0.4) is 0 Å². The predicted octanol–water partition coefficient (Wildman–Crippen LogP) is 2.50. The van der Waals surface area contributed by atoms with Crippen LogP contribution in [0.5, 0.6) is 5.75 Å². The zero-order valence-corrected chi connectivity index (χ0v) is 15.0. The highest BCUT2D eigenvalue weighted by Crippen LogP contribution is 2.19. The van der Waals surface area contributed by atoms with E-state index in [0.29, 0.717) is 38.0 Å². The van der Waals surface area contributed by atoms with E-state index in [4.69, 9.17) is 4.74 Å². The van der Waals surface area contributed by atoms with Gasteiger partial charge in [0.1, 0.15) is 17.4 Å². The maximum atomic E-state index is 13.8. The molecule has 27 heavy (non-hydrogen) atoms. The summed E-state index contributed by atoms with van der Waals surface area (Å²) in [5, 5.41) is 0. The number of nitrogens with zero attached hydrogens (tertiary/aromatic N) is 2. The van der Waals surface area contributed by atoms with Gasteiger partial charge in [0.2, 0.25) is 5.91 Å². The number of methoxy groups -OCH3 is 1. The molecule has 1 saturated heterocycles. The van der Waals surface area contributed by atoms with E-state index in [1.54, 1.807) is 18.1 Å². The highest BCUT2D eigenvalue weighted by molar-refractivity contribution is 5.94. The number of para-hydroxylation sites is 1.